The molecule has 46 heavy (non-hydrogen) atoms. The second-order valence-corrected chi connectivity index (χ2v) is 18.4. The van der Waals surface area contributed by atoms with Gasteiger partial charge in [0.15, 0.2) is 0 Å². The smallest absolute Gasteiger partial charge is 0.0455 e. The van der Waals surface area contributed by atoms with Crippen LogP contribution in [0.1, 0.15) is 75.6 Å². The van der Waals surface area contributed by atoms with E-state index >= 15 is 0 Å². The molecule has 6 heterocycles. The monoisotopic (exact) mass is 710 g/mol. The third-order valence-corrected chi connectivity index (χ3v) is 16.2. The molecular weight excluding hydrogens is 673 g/mol. The van der Waals surface area contributed by atoms with Crippen LogP contribution in [0.25, 0.3) is 69.6 Å². The van der Waals surface area contributed by atoms with E-state index < -0.39 is 0 Å². The fraction of sp³-hybridized carbons (Fsp3) is 0.300. The van der Waals surface area contributed by atoms with Crippen LogP contribution < -0.4 is 0 Å². The van der Waals surface area contributed by atoms with Crippen LogP contribution >= 0.6 is 68.0 Å². The summed E-state index contributed by atoms with van der Waals surface area (Å²) in [6.07, 6.45) is 9.48. The first-order valence-corrected chi connectivity index (χ1v) is 21.8. The molecule has 8 rings (SSSR count). The lowest BCUT2D eigenvalue weighted by atomic mass is 9.96. The molecule has 6 heteroatoms. The van der Waals surface area contributed by atoms with Crippen LogP contribution in [0.4, 0.5) is 0 Å². The normalized spacial score (nSPS) is 12.2. The molecule has 0 saturated carbocycles. The molecule has 0 radical (unpaired) electrons. The molecule has 0 spiro atoms. The van der Waals surface area contributed by atoms with Gasteiger partial charge in [0.25, 0.3) is 0 Å². The van der Waals surface area contributed by atoms with Crippen LogP contribution in [-0.2, 0) is 25.7 Å². The Kier molecular flexibility index (Phi) is 8.72. The summed E-state index contributed by atoms with van der Waals surface area (Å²) in [7, 11) is 0. The molecule has 6 aromatic heterocycles. The maximum Gasteiger partial charge on any atom is 0.0455 e. The number of fused-ring (bicyclic) bond motifs is 6. The molecule has 8 aromatic rings. The van der Waals surface area contributed by atoms with Crippen LogP contribution in [0.15, 0.2) is 59.3 Å². The number of benzene rings is 2. The van der Waals surface area contributed by atoms with Crippen molar-refractivity contribution in [1.29, 1.82) is 0 Å². The summed E-state index contributed by atoms with van der Waals surface area (Å²) in [5.41, 5.74) is 6.43. The first-order valence-electron chi connectivity index (χ1n) is 16.7. The zero-order valence-electron chi connectivity index (χ0n) is 26.9. The molecule has 0 aliphatic carbocycles. The van der Waals surface area contributed by atoms with E-state index in [1.807, 2.05) is 68.0 Å². The fourth-order valence-corrected chi connectivity index (χ4v) is 14.0. The maximum atomic E-state index is 2.49. The lowest BCUT2D eigenvalue weighted by molar-refractivity contribution is 0.877. The van der Waals surface area contributed by atoms with Gasteiger partial charge < -0.3 is 0 Å². The summed E-state index contributed by atoms with van der Waals surface area (Å²) in [6, 6.07) is 19.1. The van der Waals surface area contributed by atoms with E-state index in [9.17, 15) is 0 Å². The van der Waals surface area contributed by atoms with Gasteiger partial charge in [-0.15, -0.1) is 68.0 Å². The van der Waals surface area contributed by atoms with Crippen molar-refractivity contribution in [1.82, 2.24) is 0 Å². The molecule has 0 N–H and O–H groups in total. The Morgan fingerprint density at radius 3 is 1.09 bits per heavy atom. The summed E-state index contributed by atoms with van der Waals surface area (Å²) in [5.74, 6) is 0. The minimum absolute atomic E-state index is 1.17. The summed E-state index contributed by atoms with van der Waals surface area (Å²) in [5, 5.41) is 10.4. The number of hydrogen-bond acceptors (Lipinski definition) is 6. The number of thiophene rings is 6. The molecule has 0 aliphatic rings. The molecule has 2 aromatic carbocycles. The Balaban J connectivity index is 1.17. The molecule has 0 amide bonds. The third-order valence-electron chi connectivity index (χ3n) is 9.14. The van der Waals surface area contributed by atoms with Crippen molar-refractivity contribution in [3.05, 3.63) is 81.5 Å². The molecular formula is C40H38S6. The minimum Gasteiger partial charge on any atom is -0.143 e. The molecule has 0 aliphatic heterocycles. The Morgan fingerprint density at radius 1 is 0.370 bits per heavy atom. The molecule has 0 saturated heterocycles. The first-order chi connectivity index (χ1) is 22.6. The van der Waals surface area contributed by atoms with Gasteiger partial charge in [-0.05, 0) is 107 Å². The van der Waals surface area contributed by atoms with Gasteiger partial charge in [-0.1, -0.05) is 53.4 Å². The zero-order valence-corrected chi connectivity index (χ0v) is 31.8. The second kappa shape index (κ2) is 12.9. The summed E-state index contributed by atoms with van der Waals surface area (Å²) >= 11 is 11.8. The van der Waals surface area contributed by atoms with E-state index in [4.69, 9.17) is 0 Å². The fourth-order valence-electron chi connectivity index (χ4n) is 7.19. The van der Waals surface area contributed by atoms with Gasteiger partial charge >= 0.3 is 0 Å². The van der Waals surface area contributed by atoms with Gasteiger partial charge in [0, 0.05) is 69.6 Å². The van der Waals surface area contributed by atoms with Crippen molar-refractivity contribution in [2.45, 2.75) is 79.1 Å². The van der Waals surface area contributed by atoms with Crippen LogP contribution in [0.2, 0.25) is 0 Å². The molecule has 234 valence electrons. The average Bonchev–Trinajstić information content (AvgIpc) is 3.90. The number of aryl methyl sites for hydroxylation is 4. The molecule has 0 nitrogen and oxygen atoms in total. The molecule has 0 bridgehead atoms. The van der Waals surface area contributed by atoms with Gasteiger partial charge in [0.1, 0.15) is 0 Å². The molecule has 0 unspecified atom stereocenters. The number of rotatable bonds is 11. The van der Waals surface area contributed by atoms with E-state index in [1.165, 1.54) is 121 Å². The van der Waals surface area contributed by atoms with Crippen molar-refractivity contribution in [3.8, 4) is 29.3 Å². The van der Waals surface area contributed by atoms with E-state index in [1.54, 1.807) is 22.3 Å². The SMILES string of the molecule is CCCc1c(CCC)c2sc(-c3ccc(-c4ccc(-c5cc6c(s5)c(CCC)c(CCC)c5sccc56)s4)s3)cc2c2ccsc12. The van der Waals surface area contributed by atoms with Crippen LogP contribution in [-0.4, -0.2) is 0 Å². The Bertz CT molecular complexity index is 2160. The maximum absolute atomic E-state index is 2.49. The highest BCUT2D eigenvalue weighted by molar-refractivity contribution is 7.30. The van der Waals surface area contributed by atoms with Gasteiger partial charge in [-0.25, -0.2) is 0 Å². The summed E-state index contributed by atoms with van der Waals surface area (Å²) in [6.45, 7) is 9.28. The van der Waals surface area contributed by atoms with Crippen LogP contribution in [0.5, 0.6) is 0 Å². The standard InChI is InChI=1S/C40H38S6/c1-5-9-23-25(11-7-3)39-29(27-17-19-41-37(23)27)21-35(45-39)33-15-13-31(43-33)32-14-16-34(44-32)36-22-30-28-18-20-42-38(28)24(10-6-2)26(12-8-4)40(30)46-36/h13-22H,5-12H2,1-4H3. The van der Waals surface area contributed by atoms with Crippen LogP contribution in [0.3, 0.4) is 0 Å². The van der Waals surface area contributed by atoms with Crippen molar-refractivity contribution >= 4 is 108 Å². The Morgan fingerprint density at radius 2 is 0.717 bits per heavy atom. The lowest BCUT2D eigenvalue weighted by Gasteiger charge is -2.12. The van der Waals surface area contributed by atoms with Crippen molar-refractivity contribution < 1.29 is 0 Å². The van der Waals surface area contributed by atoms with Crippen LogP contribution in [0, 0.1) is 0 Å². The van der Waals surface area contributed by atoms with Crippen molar-refractivity contribution in [2.75, 3.05) is 0 Å². The summed E-state index contributed by atoms with van der Waals surface area (Å²) in [4.78, 5) is 8.37. The molecule has 0 fully saturated rings. The summed E-state index contributed by atoms with van der Waals surface area (Å²) < 4.78 is 6.08. The topological polar surface area (TPSA) is 0 Å². The van der Waals surface area contributed by atoms with E-state index in [0.717, 1.165) is 0 Å². The van der Waals surface area contributed by atoms with E-state index in [2.05, 4.69) is 87.0 Å². The predicted molar refractivity (Wildman–Crippen MR) is 216 cm³/mol. The predicted octanol–water partition coefficient (Wildman–Crippen LogP) is 15.5. The average molecular weight is 711 g/mol. The Hall–Kier alpha value is -2.32. The first kappa shape index (κ1) is 31.0. The largest absolute Gasteiger partial charge is 0.143 e. The van der Waals surface area contributed by atoms with Gasteiger partial charge in [-0.3, -0.25) is 0 Å². The van der Waals surface area contributed by atoms with Gasteiger partial charge in [0.05, 0.1) is 0 Å². The third kappa shape index (κ3) is 5.15. The molecule has 0 atom stereocenters. The second-order valence-electron chi connectivity index (χ2n) is 12.3. The number of hydrogen-bond donors (Lipinski definition) is 0. The minimum atomic E-state index is 1.17. The van der Waals surface area contributed by atoms with E-state index in [0.29, 0.717) is 0 Å². The highest BCUT2D eigenvalue weighted by atomic mass is 32.1. The Labute approximate surface area is 296 Å². The van der Waals surface area contributed by atoms with Crippen molar-refractivity contribution in [3.63, 3.8) is 0 Å². The van der Waals surface area contributed by atoms with Gasteiger partial charge in [-0.2, -0.15) is 0 Å². The highest BCUT2D eigenvalue weighted by Crippen LogP contribution is 2.49. The van der Waals surface area contributed by atoms with E-state index in [-0.39, 0.29) is 0 Å². The lowest BCUT2D eigenvalue weighted by Crippen LogP contribution is -1.95. The highest BCUT2D eigenvalue weighted by Gasteiger charge is 2.21. The quantitative estimate of drug-likeness (QED) is 0.125. The zero-order chi connectivity index (χ0) is 31.4. The van der Waals surface area contributed by atoms with Gasteiger partial charge in [0.2, 0.25) is 0 Å². The van der Waals surface area contributed by atoms with Crippen molar-refractivity contribution in [2.24, 2.45) is 0 Å².